The van der Waals surface area contributed by atoms with E-state index in [-0.39, 0.29) is 21.7 Å². The van der Waals surface area contributed by atoms with Gasteiger partial charge in [-0.25, -0.2) is 28.1 Å². The SMILES string of the molecule is C[n+]1ccc(-c2cn(C[C@@H]3[C@H](NC(=O)/C(=N\OC(C)(C)C(=O)OC(C)(C)C)c4csc(NC(=O)OC(C)(C)C)n4)C(=O)N3S(=O)(=O)O)nn2)cc1. The number of aromatic nitrogens is 5. The van der Waals surface area contributed by atoms with Gasteiger partial charge in [0.15, 0.2) is 23.2 Å². The molecule has 2 atom stereocenters. The Bertz CT molecular complexity index is 1940. The van der Waals surface area contributed by atoms with Crippen molar-refractivity contribution in [2.75, 3.05) is 5.32 Å². The monoisotopic (exact) mass is 750 g/mol. The number of esters is 1. The number of ether oxygens (including phenoxy) is 2. The normalized spacial score (nSPS) is 17.0. The van der Waals surface area contributed by atoms with Crippen molar-refractivity contribution in [3.05, 3.63) is 41.8 Å². The number of carbonyl (C=O) groups excluding carboxylic acids is 4. The molecule has 4 rings (SSSR count). The summed E-state index contributed by atoms with van der Waals surface area (Å²) in [6.45, 7) is 12.4. The van der Waals surface area contributed by atoms with Gasteiger partial charge < -0.3 is 19.6 Å². The second-order valence-electron chi connectivity index (χ2n) is 13.9. The van der Waals surface area contributed by atoms with Crippen molar-refractivity contribution in [3.8, 4) is 11.3 Å². The van der Waals surface area contributed by atoms with Crippen LogP contribution in [0.1, 0.15) is 61.1 Å². The van der Waals surface area contributed by atoms with Crippen LogP contribution in [0.3, 0.4) is 0 Å². The molecule has 276 valence electrons. The lowest BCUT2D eigenvalue weighted by Crippen LogP contribution is -2.73. The second kappa shape index (κ2) is 14.3. The molecule has 1 aliphatic heterocycles. The van der Waals surface area contributed by atoms with Crippen LogP contribution in [-0.2, 0) is 52.6 Å². The van der Waals surface area contributed by atoms with E-state index in [0.717, 1.165) is 11.3 Å². The second-order valence-corrected chi connectivity index (χ2v) is 16.1. The Balaban J connectivity index is 1.62. The number of pyridine rings is 1. The van der Waals surface area contributed by atoms with Crippen LogP contribution in [0.15, 0.2) is 41.3 Å². The molecule has 3 aromatic rings. The molecule has 0 aromatic carbocycles. The zero-order chi connectivity index (χ0) is 38.1. The molecule has 3 N–H and O–H groups in total. The summed E-state index contributed by atoms with van der Waals surface area (Å²) < 4.78 is 48.1. The van der Waals surface area contributed by atoms with Gasteiger partial charge >= 0.3 is 22.4 Å². The number of carbonyl (C=O) groups is 4. The van der Waals surface area contributed by atoms with E-state index in [0.29, 0.717) is 11.3 Å². The smallest absolute Gasteiger partial charge is 0.413 e. The van der Waals surface area contributed by atoms with E-state index in [1.807, 2.05) is 11.6 Å². The largest absolute Gasteiger partial charge is 0.457 e. The number of rotatable bonds is 11. The lowest BCUT2D eigenvalue weighted by Gasteiger charge is -2.43. The third kappa shape index (κ3) is 10.0. The number of aryl methyl sites for hydroxylation is 1. The maximum atomic E-state index is 13.8. The molecule has 0 aliphatic carbocycles. The number of hydrogen-bond donors (Lipinski definition) is 3. The Morgan fingerprint density at radius 2 is 1.69 bits per heavy atom. The number of anilines is 1. The summed E-state index contributed by atoms with van der Waals surface area (Å²) in [5, 5.41) is 18.2. The molecule has 0 saturated carbocycles. The maximum Gasteiger partial charge on any atom is 0.413 e. The fourth-order valence-electron chi connectivity index (χ4n) is 4.37. The van der Waals surface area contributed by atoms with E-state index in [2.05, 4.69) is 31.1 Å². The molecular weight excluding hydrogens is 711 g/mol. The number of nitrogens with one attached hydrogen (secondary N) is 2. The van der Waals surface area contributed by atoms with Crippen LogP contribution in [0.5, 0.6) is 0 Å². The molecule has 3 amide bonds. The van der Waals surface area contributed by atoms with E-state index in [1.54, 1.807) is 66.1 Å². The van der Waals surface area contributed by atoms with Gasteiger partial charge in [-0.2, -0.15) is 8.42 Å². The van der Waals surface area contributed by atoms with Crippen LogP contribution in [0.4, 0.5) is 9.93 Å². The molecule has 4 heterocycles. The van der Waals surface area contributed by atoms with E-state index >= 15 is 0 Å². The average Bonchev–Trinajstić information content (AvgIpc) is 3.63. The maximum absolute atomic E-state index is 13.8. The zero-order valence-electron chi connectivity index (χ0n) is 29.4. The van der Waals surface area contributed by atoms with Crippen LogP contribution < -0.4 is 15.2 Å². The van der Waals surface area contributed by atoms with E-state index in [1.165, 1.54) is 30.1 Å². The standard InChI is InChI=1S/C30H39N9O10S2/c1-28(2,3)47-25(42)30(7,8)49-35-21(19-16-50-26(31-19)33-27(43)48-29(4,5)6)23(40)32-22-20(39(24(22)41)51(44,45)46)15-38-14-18(34-36-38)17-10-12-37(9)13-11-17/h10-14,16,20,22H,15H2,1-9H3,(H2-,31,32,33,40,43,44,45,46)/p+1/b35-21-/t20-,22+/m1/s1. The summed E-state index contributed by atoms with van der Waals surface area (Å²) >= 11 is 0.905. The number of oxime groups is 1. The molecule has 21 heteroatoms. The van der Waals surface area contributed by atoms with Crippen molar-refractivity contribution in [2.45, 2.75) is 90.8 Å². The highest BCUT2D eigenvalue weighted by atomic mass is 32.2. The highest BCUT2D eigenvalue weighted by Gasteiger charge is 2.54. The van der Waals surface area contributed by atoms with E-state index in [4.69, 9.17) is 14.3 Å². The van der Waals surface area contributed by atoms with Gasteiger partial charge in [0.25, 0.3) is 11.8 Å². The minimum absolute atomic E-state index is 0.00968. The first kappa shape index (κ1) is 38.8. The van der Waals surface area contributed by atoms with Gasteiger partial charge in [0.2, 0.25) is 5.60 Å². The van der Waals surface area contributed by atoms with Gasteiger partial charge in [0.05, 0.1) is 18.8 Å². The van der Waals surface area contributed by atoms with Crippen molar-refractivity contribution in [2.24, 2.45) is 12.2 Å². The lowest BCUT2D eigenvalue weighted by molar-refractivity contribution is -0.671. The summed E-state index contributed by atoms with van der Waals surface area (Å²) in [6, 6.07) is 0.716. The third-order valence-corrected chi connectivity index (χ3v) is 8.42. The summed E-state index contributed by atoms with van der Waals surface area (Å²) in [6.07, 6.45) is 4.27. The molecule has 0 spiro atoms. The van der Waals surface area contributed by atoms with E-state index in [9.17, 15) is 32.1 Å². The topological polar surface area (TPSA) is 237 Å². The fourth-order valence-corrected chi connectivity index (χ4v) is 5.92. The first-order valence-corrected chi connectivity index (χ1v) is 17.6. The highest BCUT2D eigenvalue weighted by Crippen LogP contribution is 2.27. The number of thiazole rings is 1. The van der Waals surface area contributed by atoms with Gasteiger partial charge in [0, 0.05) is 23.1 Å². The molecule has 1 aliphatic rings. The van der Waals surface area contributed by atoms with Crippen LogP contribution in [0, 0.1) is 0 Å². The van der Waals surface area contributed by atoms with Gasteiger partial charge in [0.1, 0.15) is 35.7 Å². The molecule has 0 radical (unpaired) electrons. The first-order valence-electron chi connectivity index (χ1n) is 15.4. The van der Waals surface area contributed by atoms with Crippen LogP contribution in [0.25, 0.3) is 11.3 Å². The van der Waals surface area contributed by atoms with Gasteiger partial charge in [-0.1, -0.05) is 10.4 Å². The first-order chi connectivity index (χ1) is 23.4. The predicted molar refractivity (Wildman–Crippen MR) is 180 cm³/mol. The zero-order valence-corrected chi connectivity index (χ0v) is 31.0. The van der Waals surface area contributed by atoms with Gasteiger partial charge in [-0.15, -0.1) is 16.4 Å². The number of nitrogens with zero attached hydrogens (tertiary/aromatic N) is 7. The Hall–Kier alpha value is -5.02. The Morgan fingerprint density at radius 3 is 2.27 bits per heavy atom. The van der Waals surface area contributed by atoms with Crippen LogP contribution in [0.2, 0.25) is 0 Å². The number of β-lactam (4-membered cyclic amide) rings is 1. The molecule has 19 nitrogen and oxygen atoms in total. The molecule has 1 saturated heterocycles. The molecule has 0 bridgehead atoms. The molecular formula is C30H40N9O10S2+. The van der Waals surface area contributed by atoms with Gasteiger partial charge in [-0.05, 0) is 55.4 Å². The summed E-state index contributed by atoms with van der Waals surface area (Å²) in [7, 11) is -3.21. The van der Waals surface area contributed by atoms with Crippen molar-refractivity contribution in [3.63, 3.8) is 0 Å². The number of amides is 3. The number of hydrogen-bond acceptors (Lipinski definition) is 14. The fraction of sp³-hybridized carbons (Fsp3) is 0.500. The van der Waals surface area contributed by atoms with E-state index < -0.39 is 68.8 Å². The van der Waals surface area contributed by atoms with Crippen molar-refractivity contribution < 1.29 is 51.0 Å². The Labute approximate surface area is 297 Å². The predicted octanol–water partition coefficient (Wildman–Crippen LogP) is 1.61. The Kier molecular flexibility index (Phi) is 10.9. The van der Waals surface area contributed by atoms with Crippen LogP contribution in [-0.4, -0.2) is 95.7 Å². The molecule has 1 fully saturated rings. The molecule has 51 heavy (non-hydrogen) atoms. The molecule has 3 aromatic heterocycles. The summed E-state index contributed by atoms with van der Waals surface area (Å²) in [5.74, 6) is -3.02. The minimum atomic E-state index is -5.05. The van der Waals surface area contributed by atoms with Crippen LogP contribution >= 0.6 is 11.3 Å². The third-order valence-electron chi connectivity index (χ3n) is 6.72. The minimum Gasteiger partial charge on any atom is -0.457 e. The summed E-state index contributed by atoms with van der Waals surface area (Å²) in [5.41, 5.74) is -2.94. The summed E-state index contributed by atoms with van der Waals surface area (Å²) in [4.78, 5) is 61.7. The van der Waals surface area contributed by atoms with Crippen molar-refractivity contribution in [1.29, 1.82) is 0 Å². The molecule has 0 unspecified atom stereocenters. The van der Waals surface area contributed by atoms with Crippen molar-refractivity contribution in [1.82, 2.24) is 29.6 Å². The van der Waals surface area contributed by atoms with Gasteiger partial charge in [-0.3, -0.25) is 19.5 Å². The Morgan fingerprint density at radius 1 is 1.06 bits per heavy atom. The highest BCUT2D eigenvalue weighted by molar-refractivity contribution is 7.84. The average molecular weight is 751 g/mol. The van der Waals surface area contributed by atoms with Crippen molar-refractivity contribution >= 4 is 56.4 Å². The lowest BCUT2D eigenvalue weighted by atomic mass is 9.98. The quantitative estimate of drug-likeness (QED) is 0.0632.